The third-order valence-corrected chi connectivity index (χ3v) is 4.34. The summed E-state index contributed by atoms with van der Waals surface area (Å²) in [6.45, 7) is 4.93. The van der Waals surface area contributed by atoms with Crippen LogP contribution in [0.3, 0.4) is 0 Å². The molecule has 0 heterocycles. The van der Waals surface area contributed by atoms with Crippen LogP contribution < -0.4 is 5.73 Å². The van der Waals surface area contributed by atoms with Gasteiger partial charge in [0.2, 0.25) is 0 Å². The predicted octanol–water partition coefficient (Wildman–Crippen LogP) is 2.62. The minimum absolute atomic E-state index is 0.0881. The Hall–Kier alpha value is -0.920. The number of methoxy groups -OCH3 is 1. The van der Waals surface area contributed by atoms with Gasteiger partial charge in [-0.2, -0.15) is 5.26 Å². The van der Waals surface area contributed by atoms with Gasteiger partial charge in [-0.15, -0.1) is 0 Å². The van der Waals surface area contributed by atoms with Crippen molar-refractivity contribution in [2.24, 2.45) is 17.1 Å². The van der Waals surface area contributed by atoms with E-state index in [1.54, 1.807) is 7.11 Å². The number of nitriles is 1. The largest absolute Gasteiger partial charge is 0.402 e. The Labute approximate surface area is 101 Å². The maximum Gasteiger partial charge on any atom is 0.138 e. The lowest BCUT2D eigenvalue weighted by atomic mass is 9.71. The van der Waals surface area contributed by atoms with E-state index in [2.05, 4.69) is 19.2 Å². The molecule has 2 N–H and O–H groups in total. The van der Waals surface area contributed by atoms with Gasteiger partial charge in [0.05, 0.1) is 0 Å². The highest BCUT2D eigenvalue weighted by Gasteiger charge is 2.38. The van der Waals surface area contributed by atoms with Crippen LogP contribution in [0.15, 0.2) is 22.8 Å². The van der Waals surface area contributed by atoms with Gasteiger partial charge in [0.1, 0.15) is 5.40 Å². The zero-order valence-electron chi connectivity index (χ0n) is 9.99. The van der Waals surface area contributed by atoms with Crippen molar-refractivity contribution in [1.29, 1.82) is 5.26 Å². The molecule has 1 aliphatic carbocycles. The van der Waals surface area contributed by atoms with Crippen LogP contribution in [-0.4, -0.2) is 13.7 Å². The van der Waals surface area contributed by atoms with Crippen molar-refractivity contribution in [2.45, 2.75) is 20.3 Å². The van der Waals surface area contributed by atoms with Gasteiger partial charge in [0.15, 0.2) is 0 Å². The lowest BCUT2D eigenvalue weighted by molar-refractivity contribution is 0.143. The van der Waals surface area contributed by atoms with Crippen LogP contribution in [0.4, 0.5) is 0 Å². The highest BCUT2D eigenvalue weighted by atomic mass is 32.2. The van der Waals surface area contributed by atoms with E-state index in [1.165, 1.54) is 11.8 Å². The molecular formula is C12H18N2OS. The minimum Gasteiger partial charge on any atom is -0.402 e. The number of nitrogens with zero attached hydrogens (tertiary/aromatic N) is 1. The van der Waals surface area contributed by atoms with Crippen molar-refractivity contribution in [1.82, 2.24) is 0 Å². The molecule has 1 rings (SSSR count). The second kappa shape index (κ2) is 5.42. The molecule has 2 atom stereocenters. The monoisotopic (exact) mass is 238 g/mol. The lowest BCUT2D eigenvalue weighted by Crippen LogP contribution is -2.33. The Morgan fingerprint density at radius 1 is 1.62 bits per heavy atom. The van der Waals surface area contributed by atoms with Gasteiger partial charge in [0, 0.05) is 35.7 Å². The van der Waals surface area contributed by atoms with Gasteiger partial charge in [-0.25, -0.2) is 0 Å². The summed E-state index contributed by atoms with van der Waals surface area (Å²) >= 11 is 1.23. The first kappa shape index (κ1) is 13.1. The number of ether oxygens (including phenoxy) is 1. The SMILES string of the molecule is COCCC1(C)C(SC#N)=CC=C(N)C1C. The molecule has 0 aromatic rings. The minimum atomic E-state index is -0.0881. The average Bonchev–Trinajstić information content (AvgIpc) is 2.28. The highest BCUT2D eigenvalue weighted by molar-refractivity contribution is 8.07. The molecule has 3 nitrogen and oxygen atoms in total. The van der Waals surface area contributed by atoms with E-state index >= 15 is 0 Å². The van der Waals surface area contributed by atoms with Crippen LogP contribution in [0.5, 0.6) is 0 Å². The van der Waals surface area contributed by atoms with E-state index in [-0.39, 0.29) is 11.3 Å². The maximum atomic E-state index is 8.82. The van der Waals surface area contributed by atoms with Crippen LogP contribution in [-0.2, 0) is 4.74 Å². The number of allylic oxidation sites excluding steroid dienone is 4. The fourth-order valence-corrected chi connectivity index (χ4v) is 2.69. The lowest BCUT2D eigenvalue weighted by Gasteiger charge is -2.39. The third kappa shape index (κ3) is 2.42. The van der Waals surface area contributed by atoms with Crippen molar-refractivity contribution in [2.75, 3.05) is 13.7 Å². The van der Waals surface area contributed by atoms with E-state index in [0.717, 1.165) is 17.0 Å². The zero-order chi connectivity index (χ0) is 12.2. The fraction of sp³-hybridized carbons (Fsp3) is 0.583. The summed E-state index contributed by atoms with van der Waals surface area (Å²) in [5.41, 5.74) is 6.76. The van der Waals surface area contributed by atoms with Gasteiger partial charge < -0.3 is 10.5 Å². The first-order chi connectivity index (χ1) is 7.56. The molecule has 2 unspecified atom stereocenters. The van der Waals surface area contributed by atoms with Gasteiger partial charge in [0.25, 0.3) is 0 Å². The van der Waals surface area contributed by atoms with Crippen molar-refractivity contribution < 1.29 is 4.74 Å². The quantitative estimate of drug-likeness (QED) is 0.765. The molecule has 16 heavy (non-hydrogen) atoms. The van der Waals surface area contributed by atoms with Crippen molar-refractivity contribution in [3.05, 3.63) is 22.8 Å². The third-order valence-electron chi connectivity index (χ3n) is 3.43. The molecule has 0 saturated carbocycles. The highest BCUT2D eigenvalue weighted by Crippen LogP contribution is 2.48. The van der Waals surface area contributed by atoms with Crippen LogP contribution in [0, 0.1) is 22.0 Å². The van der Waals surface area contributed by atoms with Crippen LogP contribution in [0.1, 0.15) is 20.3 Å². The topological polar surface area (TPSA) is 59.0 Å². The Balaban J connectivity index is 2.97. The Morgan fingerprint density at radius 2 is 2.31 bits per heavy atom. The molecule has 88 valence electrons. The molecule has 0 fully saturated rings. The second-order valence-electron chi connectivity index (χ2n) is 4.27. The number of hydrogen-bond donors (Lipinski definition) is 1. The molecule has 0 spiro atoms. The summed E-state index contributed by atoms with van der Waals surface area (Å²) in [6.07, 6.45) is 4.73. The molecular weight excluding hydrogens is 220 g/mol. The first-order valence-corrected chi connectivity index (χ1v) is 6.10. The molecule has 0 radical (unpaired) electrons. The molecule has 1 aliphatic rings. The molecule has 0 aromatic carbocycles. The average molecular weight is 238 g/mol. The molecule has 0 aliphatic heterocycles. The summed E-state index contributed by atoms with van der Waals surface area (Å²) < 4.78 is 5.14. The predicted molar refractivity (Wildman–Crippen MR) is 67.3 cm³/mol. The number of thiocyanates is 1. The van der Waals surface area contributed by atoms with E-state index in [4.69, 9.17) is 15.7 Å². The standard InChI is InChI=1S/C12H18N2OS/c1-9-10(14)4-5-11(16-8-13)12(9,2)6-7-15-3/h4-5,9H,6-7,14H2,1-3H3. The first-order valence-electron chi connectivity index (χ1n) is 5.29. The normalized spacial score (nSPS) is 29.2. The maximum absolute atomic E-state index is 8.82. The van der Waals surface area contributed by atoms with Crippen molar-refractivity contribution >= 4 is 11.8 Å². The zero-order valence-corrected chi connectivity index (χ0v) is 10.8. The second-order valence-corrected chi connectivity index (χ2v) is 5.10. The summed E-state index contributed by atoms with van der Waals surface area (Å²) in [4.78, 5) is 1.08. The Morgan fingerprint density at radius 3 is 2.88 bits per heavy atom. The number of nitrogens with two attached hydrogens (primary N) is 1. The Kier molecular flexibility index (Phi) is 4.45. The van der Waals surface area contributed by atoms with E-state index in [1.807, 2.05) is 12.2 Å². The summed E-state index contributed by atoms with van der Waals surface area (Å²) in [6, 6.07) is 0. The number of thioether (sulfide) groups is 1. The Bertz CT molecular complexity index is 357. The number of rotatable bonds is 4. The molecule has 0 bridgehead atoms. The number of hydrogen-bond acceptors (Lipinski definition) is 4. The van der Waals surface area contributed by atoms with Crippen LogP contribution in [0.2, 0.25) is 0 Å². The van der Waals surface area contributed by atoms with Crippen molar-refractivity contribution in [3.63, 3.8) is 0 Å². The summed E-state index contributed by atoms with van der Waals surface area (Å²) in [7, 11) is 1.69. The van der Waals surface area contributed by atoms with Gasteiger partial charge in [-0.1, -0.05) is 13.8 Å². The van der Waals surface area contributed by atoms with Gasteiger partial charge in [-0.05, 0) is 30.3 Å². The molecule has 0 saturated heterocycles. The van der Waals surface area contributed by atoms with E-state index in [0.29, 0.717) is 6.61 Å². The van der Waals surface area contributed by atoms with E-state index in [9.17, 15) is 0 Å². The van der Waals surface area contributed by atoms with Crippen LogP contribution >= 0.6 is 11.8 Å². The van der Waals surface area contributed by atoms with Gasteiger partial charge in [-0.3, -0.25) is 0 Å². The summed E-state index contributed by atoms with van der Waals surface area (Å²) in [5.74, 6) is 0.239. The fourth-order valence-electron chi connectivity index (χ4n) is 1.94. The van der Waals surface area contributed by atoms with Crippen molar-refractivity contribution in [3.8, 4) is 5.40 Å². The van der Waals surface area contributed by atoms with Crippen LogP contribution in [0.25, 0.3) is 0 Å². The van der Waals surface area contributed by atoms with E-state index < -0.39 is 0 Å². The molecule has 4 heteroatoms. The smallest absolute Gasteiger partial charge is 0.138 e. The summed E-state index contributed by atoms with van der Waals surface area (Å²) in [5, 5.41) is 11.0. The van der Waals surface area contributed by atoms with Gasteiger partial charge >= 0.3 is 0 Å². The molecule has 0 amide bonds. The molecule has 0 aromatic heterocycles.